The fourth-order valence-electron chi connectivity index (χ4n) is 2.72. The molecule has 0 aliphatic carbocycles. The second-order valence-electron chi connectivity index (χ2n) is 5.97. The summed E-state index contributed by atoms with van der Waals surface area (Å²) >= 11 is 0. The molecule has 1 aliphatic heterocycles. The van der Waals surface area contributed by atoms with Crippen LogP contribution in [0.2, 0.25) is 0 Å². The molecule has 1 atom stereocenters. The maximum Gasteiger partial charge on any atom is 0.213 e. The minimum absolute atomic E-state index is 0. The zero-order valence-corrected chi connectivity index (χ0v) is 18.4. The van der Waals surface area contributed by atoms with Crippen molar-refractivity contribution in [2.24, 2.45) is 4.99 Å². The van der Waals surface area contributed by atoms with E-state index in [1.54, 1.807) is 23.4 Å². The van der Waals surface area contributed by atoms with Crippen LogP contribution < -0.4 is 10.6 Å². The monoisotopic (exact) mass is 500 g/mol. The van der Waals surface area contributed by atoms with E-state index in [2.05, 4.69) is 15.6 Å². The molecule has 1 aromatic heterocycles. The first-order valence-electron chi connectivity index (χ1n) is 8.70. The van der Waals surface area contributed by atoms with E-state index in [-0.39, 0.29) is 42.3 Å². The van der Waals surface area contributed by atoms with Gasteiger partial charge < -0.3 is 20.2 Å². The van der Waals surface area contributed by atoms with Gasteiger partial charge in [-0.2, -0.15) is 0 Å². The molecule has 10 heteroatoms. The van der Waals surface area contributed by atoms with Crippen molar-refractivity contribution >= 4 is 40.0 Å². The zero-order valence-electron chi connectivity index (χ0n) is 15.2. The number of hydrogen-bond acceptors (Lipinski definition) is 5. The number of halogens is 1. The van der Waals surface area contributed by atoms with Gasteiger partial charge in [0, 0.05) is 25.7 Å². The highest BCUT2D eigenvalue weighted by Crippen LogP contribution is 2.15. The molecule has 1 fully saturated rings. The van der Waals surface area contributed by atoms with Crippen LogP contribution in [0.25, 0.3) is 0 Å². The van der Waals surface area contributed by atoms with E-state index >= 15 is 0 Å². The Hall–Kier alpha value is -0.850. The van der Waals surface area contributed by atoms with E-state index in [4.69, 9.17) is 4.42 Å². The van der Waals surface area contributed by atoms with Gasteiger partial charge in [-0.05, 0) is 38.8 Å². The van der Waals surface area contributed by atoms with Crippen molar-refractivity contribution in [2.75, 3.05) is 31.9 Å². The molecule has 8 nitrogen and oxygen atoms in total. The van der Waals surface area contributed by atoms with Crippen LogP contribution in [0.3, 0.4) is 0 Å². The van der Waals surface area contributed by atoms with Gasteiger partial charge in [-0.15, -0.1) is 24.0 Å². The van der Waals surface area contributed by atoms with Crippen molar-refractivity contribution in [2.45, 2.75) is 38.8 Å². The molecular weight excluding hydrogens is 471 g/mol. The topological polar surface area (TPSA) is 107 Å². The van der Waals surface area contributed by atoms with Gasteiger partial charge in [-0.1, -0.05) is 0 Å². The zero-order chi connectivity index (χ0) is 18.3. The highest BCUT2D eigenvalue weighted by molar-refractivity contribution is 14.0. The standard InChI is InChI=1S/C16H28N4O4S.HI/c1-3-17-16(18-12-14(21)15-6-5-11-24-15)19-13-7-9-20(10-8-13)25(22,23)4-2;/h5-6,11,13-14,21H,3-4,7-10,12H2,1-2H3,(H2,17,18,19);1H. The molecule has 150 valence electrons. The van der Waals surface area contributed by atoms with Crippen molar-refractivity contribution in [3.05, 3.63) is 24.2 Å². The molecule has 26 heavy (non-hydrogen) atoms. The van der Waals surface area contributed by atoms with Crippen LogP contribution in [-0.2, 0) is 10.0 Å². The largest absolute Gasteiger partial charge is 0.467 e. The molecule has 1 aromatic rings. The molecule has 2 heterocycles. The molecule has 0 radical (unpaired) electrons. The molecule has 1 saturated heterocycles. The number of rotatable bonds is 7. The Labute approximate surface area is 172 Å². The molecular formula is C16H29IN4O4S. The first kappa shape index (κ1) is 23.2. The van der Waals surface area contributed by atoms with Crippen molar-refractivity contribution in [1.29, 1.82) is 0 Å². The lowest BCUT2D eigenvalue weighted by Crippen LogP contribution is -2.50. The Morgan fingerprint density at radius 2 is 2.12 bits per heavy atom. The number of aliphatic hydroxyl groups excluding tert-OH is 1. The lowest BCUT2D eigenvalue weighted by atomic mass is 10.1. The average molecular weight is 500 g/mol. The second-order valence-corrected chi connectivity index (χ2v) is 8.23. The maximum atomic E-state index is 11.9. The van der Waals surface area contributed by atoms with Crippen molar-refractivity contribution < 1.29 is 17.9 Å². The van der Waals surface area contributed by atoms with Crippen molar-refractivity contribution in [3.63, 3.8) is 0 Å². The fourth-order valence-corrected chi connectivity index (χ4v) is 3.86. The van der Waals surface area contributed by atoms with Crippen LogP contribution in [0, 0.1) is 0 Å². The van der Waals surface area contributed by atoms with Crippen LogP contribution in [-0.4, -0.2) is 61.8 Å². The third-order valence-corrected chi connectivity index (χ3v) is 6.07. The summed E-state index contributed by atoms with van der Waals surface area (Å²) in [5.74, 6) is 1.24. The lowest BCUT2D eigenvalue weighted by molar-refractivity contribution is 0.158. The molecule has 1 unspecified atom stereocenters. The van der Waals surface area contributed by atoms with Gasteiger partial charge in [0.25, 0.3) is 0 Å². The Morgan fingerprint density at radius 1 is 1.42 bits per heavy atom. The summed E-state index contributed by atoms with van der Waals surface area (Å²) in [6.07, 6.45) is 2.18. The number of nitrogens with zero attached hydrogens (tertiary/aromatic N) is 2. The van der Waals surface area contributed by atoms with Crippen molar-refractivity contribution in [3.8, 4) is 0 Å². The Morgan fingerprint density at radius 3 is 2.65 bits per heavy atom. The Bertz CT molecular complexity index is 643. The van der Waals surface area contributed by atoms with Gasteiger partial charge in [-0.3, -0.25) is 4.99 Å². The lowest BCUT2D eigenvalue weighted by Gasteiger charge is -2.32. The first-order chi connectivity index (χ1) is 12.0. The van der Waals surface area contributed by atoms with Gasteiger partial charge in [0.2, 0.25) is 10.0 Å². The summed E-state index contributed by atoms with van der Waals surface area (Å²) in [6.45, 7) is 5.55. The summed E-state index contributed by atoms with van der Waals surface area (Å²) in [6, 6.07) is 3.59. The van der Waals surface area contributed by atoms with E-state index in [1.807, 2.05) is 6.92 Å². The van der Waals surface area contributed by atoms with Crippen LogP contribution in [0.5, 0.6) is 0 Å². The predicted octanol–water partition coefficient (Wildman–Crippen LogP) is 1.30. The molecule has 3 N–H and O–H groups in total. The van der Waals surface area contributed by atoms with E-state index in [1.165, 1.54) is 6.26 Å². The van der Waals surface area contributed by atoms with Gasteiger partial charge in [-0.25, -0.2) is 12.7 Å². The number of nitrogens with one attached hydrogen (secondary N) is 2. The SMILES string of the molecule is CCNC(=NCC(O)c1ccco1)NC1CCN(S(=O)(=O)CC)CC1.I. The van der Waals surface area contributed by atoms with Gasteiger partial charge in [0.05, 0.1) is 18.6 Å². The molecule has 0 amide bonds. The van der Waals surface area contributed by atoms with Crippen LogP contribution in [0.4, 0.5) is 0 Å². The Balaban J connectivity index is 0.00000338. The normalized spacial score (nSPS) is 18.2. The minimum Gasteiger partial charge on any atom is -0.467 e. The second kappa shape index (κ2) is 11.1. The number of hydrogen-bond donors (Lipinski definition) is 3. The van der Waals surface area contributed by atoms with Gasteiger partial charge in [0.15, 0.2) is 5.96 Å². The summed E-state index contributed by atoms with van der Waals surface area (Å²) < 4.78 is 30.5. The number of aliphatic hydroxyl groups is 1. The smallest absolute Gasteiger partial charge is 0.213 e. The summed E-state index contributed by atoms with van der Waals surface area (Å²) in [5, 5.41) is 16.5. The third kappa shape index (κ3) is 6.71. The van der Waals surface area contributed by atoms with Crippen LogP contribution in [0.15, 0.2) is 27.8 Å². The van der Waals surface area contributed by atoms with E-state index in [0.29, 0.717) is 31.4 Å². The number of sulfonamides is 1. The number of furan rings is 1. The molecule has 0 saturated carbocycles. The quantitative estimate of drug-likeness (QED) is 0.296. The predicted molar refractivity (Wildman–Crippen MR) is 112 cm³/mol. The molecule has 2 rings (SSSR count). The molecule has 0 spiro atoms. The number of guanidine groups is 1. The first-order valence-corrected chi connectivity index (χ1v) is 10.3. The summed E-state index contributed by atoms with van der Waals surface area (Å²) in [5.41, 5.74) is 0. The van der Waals surface area contributed by atoms with Gasteiger partial charge >= 0.3 is 0 Å². The maximum absolute atomic E-state index is 11.9. The van der Waals surface area contributed by atoms with E-state index in [9.17, 15) is 13.5 Å². The van der Waals surface area contributed by atoms with E-state index in [0.717, 1.165) is 12.8 Å². The molecule has 0 bridgehead atoms. The number of piperidine rings is 1. The van der Waals surface area contributed by atoms with Gasteiger partial charge in [0.1, 0.15) is 11.9 Å². The van der Waals surface area contributed by atoms with Crippen LogP contribution in [0.1, 0.15) is 38.6 Å². The fraction of sp³-hybridized carbons (Fsp3) is 0.688. The number of aliphatic imine (C=N–C) groups is 1. The highest BCUT2D eigenvalue weighted by Gasteiger charge is 2.27. The Kier molecular flexibility index (Phi) is 9.90. The highest BCUT2D eigenvalue weighted by atomic mass is 127. The third-order valence-electron chi connectivity index (χ3n) is 4.19. The minimum atomic E-state index is -3.11. The molecule has 1 aliphatic rings. The van der Waals surface area contributed by atoms with E-state index < -0.39 is 16.1 Å². The molecule has 0 aromatic carbocycles. The summed E-state index contributed by atoms with van der Waals surface area (Å²) in [4.78, 5) is 4.40. The van der Waals surface area contributed by atoms with Crippen molar-refractivity contribution in [1.82, 2.24) is 14.9 Å². The average Bonchev–Trinajstić information content (AvgIpc) is 3.15. The van der Waals surface area contributed by atoms with Crippen LogP contribution >= 0.6 is 24.0 Å². The summed E-state index contributed by atoms with van der Waals surface area (Å²) in [7, 11) is -3.11.